The molecule has 0 spiro atoms. The SMILES string of the molecule is COC1CN(C(C)CCNC2CC2)CC1OC. The highest BCUT2D eigenvalue weighted by atomic mass is 16.5. The van der Waals surface area contributed by atoms with Crippen molar-refractivity contribution < 1.29 is 9.47 Å². The van der Waals surface area contributed by atoms with Gasteiger partial charge in [0.05, 0.1) is 12.2 Å². The minimum atomic E-state index is 0.235. The van der Waals surface area contributed by atoms with Crippen LogP contribution in [0.3, 0.4) is 0 Å². The van der Waals surface area contributed by atoms with Crippen LogP contribution in [0.5, 0.6) is 0 Å². The fourth-order valence-electron chi connectivity index (χ4n) is 2.55. The van der Waals surface area contributed by atoms with Crippen molar-refractivity contribution in [3.8, 4) is 0 Å². The van der Waals surface area contributed by atoms with Crippen LogP contribution >= 0.6 is 0 Å². The van der Waals surface area contributed by atoms with Crippen LogP contribution in [0.1, 0.15) is 26.2 Å². The molecule has 0 radical (unpaired) electrons. The Bertz CT molecular complexity index is 221. The zero-order valence-electron chi connectivity index (χ0n) is 11.3. The molecule has 1 saturated heterocycles. The molecule has 0 aromatic heterocycles. The maximum absolute atomic E-state index is 5.47. The molecule has 2 rings (SSSR count). The van der Waals surface area contributed by atoms with E-state index in [0.717, 1.165) is 25.7 Å². The molecule has 0 aromatic carbocycles. The molecule has 4 heteroatoms. The summed E-state index contributed by atoms with van der Waals surface area (Å²) < 4.78 is 10.9. The van der Waals surface area contributed by atoms with E-state index in [-0.39, 0.29) is 12.2 Å². The molecule has 1 saturated carbocycles. The first-order valence-corrected chi connectivity index (χ1v) is 6.77. The fraction of sp³-hybridized carbons (Fsp3) is 1.00. The molecule has 0 aromatic rings. The number of nitrogens with one attached hydrogen (secondary N) is 1. The lowest BCUT2D eigenvalue weighted by atomic mass is 10.2. The first kappa shape index (κ1) is 13.3. The Balaban J connectivity index is 1.69. The quantitative estimate of drug-likeness (QED) is 0.718. The Hall–Kier alpha value is -0.160. The first-order valence-electron chi connectivity index (χ1n) is 6.77. The molecule has 2 fully saturated rings. The van der Waals surface area contributed by atoms with E-state index in [9.17, 15) is 0 Å². The normalized spacial score (nSPS) is 31.9. The third kappa shape index (κ3) is 3.65. The van der Waals surface area contributed by atoms with E-state index >= 15 is 0 Å². The van der Waals surface area contributed by atoms with Crippen molar-refractivity contribution in [2.45, 2.75) is 50.5 Å². The number of methoxy groups -OCH3 is 2. The van der Waals surface area contributed by atoms with Crippen molar-refractivity contribution in [3.63, 3.8) is 0 Å². The number of nitrogens with zero attached hydrogens (tertiary/aromatic N) is 1. The van der Waals surface area contributed by atoms with Crippen molar-refractivity contribution in [2.24, 2.45) is 0 Å². The first-order chi connectivity index (χ1) is 8.24. The lowest BCUT2D eigenvalue weighted by molar-refractivity contribution is -0.00461. The molecule has 1 aliphatic heterocycles. The van der Waals surface area contributed by atoms with E-state index in [0.29, 0.717) is 6.04 Å². The van der Waals surface area contributed by atoms with E-state index in [1.54, 1.807) is 14.2 Å². The maximum Gasteiger partial charge on any atom is 0.0971 e. The maximum atomic E-state index is 5.47. The molecule has 100 valence electrons. The molecule has 4 nitrogen and oxygen atoms in total. The van der Waals surface area contributed by atoms with Gasteiger partial charge in [-0.3, -0.25) is 4.90 Å². The van der Waals surface area contributed by atoms with E-state index in [1.165, 1.54) is 19.3 Å². The van der Waals surface area contributed by atoms with Gasteiger partial charge in [0.1, 0.15) is 0 Å². The fourth-order valence-corrected chi connectivity index (χ4v) is 2.55. The lowest BCUT2D eigenvalue weighted by Gasteiger charge is -2.24. The van der Waals surface area contributed by atoms with Crippen molar-refractivity contribution in [2.75, 3.05) is 33.9 Å². The third-order valence-electron chi connectivity index (χ3n) is 4.04. The van der Waals surface area contributed by atoms with E-state index < -0.39 is 0 Å². The van der Waals surface area contributed by atoms with Gasteiger partial charge in [0.15, 0.2) is 0 Å². The van der Waals surface area contributed by atoms with Gasteiger partial charge in [-0.05, 0) is 32.7 Å². The summed E-state index contributed by atoms with van der Waals surface area (Å²) in [7, 11) is 3.55. The molecule has 0 bridgehead atoms. The van der Waals surface area contributed by atoms with Crippen LogP contribution in [-0.4, -0.2) is 63.0 Å². The summed E-state index contributed by atoms with van der Waals surface area (Å²) in [5.41, 5.74) is 0. The summed E-state index contributed by atoms with van der Waals surface area (Å²) in [4.78, 5) is 2.48. The van der Waals surface area contributed by atoms with Crippen LogP contribution in [-0.2, 0) is 9.47 Å². The van der Waals surface area contributed by atoms with Crippen LogP contribution in [0.4, 0.5) is 0 Å². The zero-order valence-corrected chi connectivity index (χ0v) is 11.3. The predicted molar refractivity (Wildman–Crippen MR) is 68.3 cm³/mol. The van der Waals surface area contributed by atoms with Gasteiger partial charge in [-0.1, -0.05) is 0 Å². The summed E-state index contributed by atoms with van der Waals surface area (Å²) in [6, 6.07) is 1.43. The predicted octanol–water partition coefficient (Wildman–Crippen LogP) is 0.863. The average Bonchev–Trinajstić information content (AvgIpc) is 3.06. The zero-order chi connectivity index (χ0) is 12.3. The lowest BCUT2D eigenvalue weighted by Crippen LogP contribution is -2.35. The van der Waals surface area contributed by atoms with E-state index in [2.05, 4.69) is 17.1 Å². The number of rotatable bonds is 7. The molecule has 0 amide bonds. The number of ether oxygens (including phenoxy) is 2. The molecule has 3 atom stereocenters. The van der Waals surface area contributed by atoms with Gasteiger partial charge in [-0.2, -0.15) is 0 Å². The van der Waals surface area contributed by atoms with Gasteiger partial charge in [0.25, 0.3) is 0 Å². The molecule has 1 N–H and O–H groups in total. The average molecular weight is 242 g/mol. The number of likely N-dealkylation sites (tertiary alicyclic amines) is 1. The minimum Gasteiger partial charge on any atom is -0.377 e. The van der Waals surface area contributed by atoms with E-state index in [1.807, 2.05) is 0 Å². The largest absolute Gasteiger partial charge is 0.377 e. The molecule has 2 aliphatic rings. The van der Waals surface area contributed by atoms with Crippen LogP contribution in [0.25, 0.3) is 0 Å². The second kappa shape index (κ2) is 6.14. The molecular weight excluding hydrogens is 216 g/mol. The summed E-state index contributed by atoms with van der Waals surface area (Å²) in [5.74, 6) is 0. The van der Waals surface area contributed by atoms with Crippen molar-refractivity contribution in [1.29, 1.82) is 0 Å². The van der Waals surface area contributed by atoms with Gasteiger partial charge in [0.2, 0.25) is 0 Å². The highest BCUT2D eigenvalue weighted by molar-refractivity contribution is 4.89. The Morgan fingerprint density at radius 3 is 2.24 bits per heavy atom. The standard InChI is InChI=1S/C13H26N2O2/c1-10(6-7-14-11-4-5-11)15-8-12(16-2)13(9-15)17-3/h10-14H,4-9H2,1-3H3. The topological polar surface area (TPSA) is 33.7 Å². The number of hydrogen-bond donors (Lipinski definition) is 1. The highest BCUT2D eigenvalue weighted by Crippen LogP contribution is 2.21. The monoisotopic (exact) mass is 242 g/mol. The molecule has 3 unspecified atom stereocenters. The van der Waals surface area contributed by atoms with Crippen molar-refractivity contribution >= 4 is 0 Å². The molecule has 17 heavy (non-hydrogen) atoms. The summed E-state index contributed by atoms with van der Waals surface area (Å²) in [5, 5.41) is 3.57. The van der Waals surface area contributed by atoms with Crippen molar-refractivity contribution in [3.05, 3.63) is 0 Å². The second-order valence-electron chi connectivity index (χ2n) is 5.37. The molecule has 1 heterocycles. The van der Waals surface area contributed by atoms with Gasteiger partial charge in [-0.15, -0.1) is 0 Å². The molecular formula is C13H26N2O2. The van der Waals surface area contributed by atoms with Crippen molar-refractivity contribution in [1.82, 2.24) is 10.2 Å². The Morgan fingerprint density at radius 1 is 1.18 bits per heavy atom. The Morgan fingerprint density at radius 2 is 1.76 bits per heavy atom. The third-order valence-corrected chi connectivity index (χ3v) is 4.04. The minimum absolute atomic E-state index is 0.235. The second-order valence-corrected chi connectivity index (χ2v) is 5.37. The highest BCUT2D eigenvalue weighted by Gasteiger charge is 2.34. The van der Waals surface area contributed by atoms with Gasteiger partial charge >= 0.3 is 0 Å². The van der Waals surface area contributed by atoms with Gasteiger partial charge in [0, 0.05) is 39.4 Å². The van der Waals surface area contributed by atoms with Crippen LogP contribution in [0, 0.1) is 0 Å². The summed E-state index contributed by atoms with van der Waals surface area (Å²) in [6.45, 7) is 5.44. The van der Waals surface area contributed by atoms with Gasteiger partial charge in [-0.25, -0.2) is 0 Å². The van der Waals surface area contributed by atoms with Crippen LogP contribution in [0.2, 0.25) is 0 Å². The summed E-state index contributed by atoms with van der Waals surface area (Å²) in [6.07, 6.45) is 4.42. The van der Waals surface area contributed by atoms with Crippen LogP contribution < -0.4 is 5.32 Å². The smallest absolute Gasteiger partial charge is 0.0971 e. The Labute approximate surface area is 105 Å². The van der Waals surface area contributed by atoms with E-state index in [4.69, 9.17) is 9.47 Å². The van der Waals surface area contributed by atoms with Crippen LogP contribution in [0.15, 0.2) is 0 Å². The molecule has 1 aliphatic carbocycles. The Kier molecular flexibility index (Phi) is 4.79. The summed E-state index contributed by atoms with van der Waals surface area (Å²) >= 11 is 0. The van der Waals surface area contributed by atoms with Gasteiger partial charge < -0.3 is 14.8 Å². The number of hydrogen-bond acceptors (Lipinski definition) is 4.